The molecule has 0 saturated carbocycles. The van der Waals surface area contributed by atoms with Gasteiger partial charge in [0.05, 0.1) is 5.25 Å². The molecule has 2 atom stereocenters. The molecule has 4 nitrogen and oxygen atoms in total. The van der Waals surface area contributed by atoms with E-state index in [0.29, 0.717) is 11.6 Å². The fourth-order valence-corrected chi connectivity index (χ4v) is 3.05. The SMILES string of the molecule is CNCC(C)S(=O)(=O)NC(C)c1cccc(Cl)c1. The number of halogens is 1. The molecule has 1 aromatic rings. The maximum absolute atomic E-state index is 12.0. The summed E-state index contributed by atoms with van der Waals surface area (Å²) >= 11 is 5.89. The molecular formula is C12H19ClN2O2S. The second-order valence-corrected chi connectivity index (χ2v) is 6.87. The van der Waals surface area contributed by atoms with E-state index in [2.05, 4.69) is 10.0 Å². The molecule has 0 aromatic heterocycles. The summed E-state index contributed by atoms with van der Waals surface area (Å²) in [6.45, 7) is 3.89. The summed E-state index contributed by atoms with van der Waals surface area (Å²) in [6.07, 6.45) is 0. The van der Waals surface area contributed by atoms with Gasteiger partial charge < -0.3 is 5.32 Å². The summed E-state index contributed by atoms with van der Waals surface area (Å²) in [4.78, 5) is 0. The van der Waals surface area contributed by atoms with Gasteiger partial charge in [-0.15, -0.1) is 0 Å². The topological polar surface area (TPSA) is 58.2 Å². The summed E-state index contributed by atoms with van der Waals surface area (Å²) in [5, 5.41) is 2.97. The van der Waals surface area contributed by atoms with Crippen LogP contribution in [0.25, 0.3) is 0 Å². The van der Waals surface area contributed by atoms with Crippen molar-refractivity contribution < 1.29 is 8.42 Å². The minimum atomic E-state index is -3.34. The number of hydrogen-bond acceptors (Lipinski definition) is 3. The molecule has 1 aromatic carbocycles. The van der Waals surface area contributed by atoms with Gasteiger partial charge in [0.15, 0.2) is 0 Å². The Hall–Kier alpha value is -0.620. The maximum atomic E-state index is 12.0. The lowest BCUT2D eigenvalue weighted by Crippen LogP contribution is -2.39. The summed E-state index contributed by atoms with van der Waals surface area (Å²) in [6, 6.07) is 6.88. The van der Waals surface area contributed by atoms with E-state index in [0.717, 1.165) is 5.56 Å². The van der Waals surface area contributed by atoms with Crippen LogP contribution in [0.2, 0.25) is 5.02 Å². The quantitative estimate of drug-likeness (QED) is 0.842. The van der Waals surface area contributed by atoms with Crippen LogP contribution in [-0.4, -0.2) is 27.3 Å². The van der Waals surface area contributed by atoms with Gasteiger partial charge in [-0.05, 0) is 38.6 Å². The highest BCUT2D eigenvalue weighted by atomic mass is 35.5. The first kappa shape index (κ1) is 15.4. The largest absolute Gasteiger partial charge is 0.318 e. The van der Waals surface area contributed by atoms with Crippen LogP contribution in [0.5, 0.6) is 0 Å². The van der Waals surface area contributed by atoms with Gasteiger partial charge >= 0.3 is 0 Å². The zero-order valence-electron chi connectivity index (χ0n) is 10.8. The maximum Gasteiger partial charge on any atom is 0.216 e. The Morgan fingerprint density at radius 2 is 2.00 bits per heavy atom. The molecule has 0 heterocycles. The highest BCUT2D eigenvalue weighted by molar-refractivity contribution is 7.90. The molecule has 2 N–H and O–H groups in total. The smallest absolute Gasteiger partial charge is 0.216 e. The highest BCUT2D eigenvalue weighted by Crippen LogP contribution is 2.18. The molecule has 0 bridgehead atoms. The molecule has 0 saturated heterocycles. The van der Waals surface area contributed by atoms with Crippen LogP contribution in [0, 0.1) is 0 Å². The minimum Gasteiger partial charge on any atom is -0.318 e. The van der Waals surface area contributed by atoms with E-state index in [4.69, 9.17) is 11.6 Å². The van der Waals surface area contributed by atoms with Crippen LogP contribution in [0.15, 0.2) is 24.3 Å². The van der Waals surface area contributed by atoms with Crippen LogP contribution in [0.1, 0.15) is 25.5 Å². The van der Waals surface area contributed by atoms with Gasteiger partial charge in [-0.1, -0.05) is 23.7 Å². The third-order valence-corrected chi connectivity index (χ3v) is 4.85. The van der Waals surface area contributed by atoms with Crippen molar-refractivity contribution in [1.29, 1.82) is 0 Å². The fourth-order valence-electron chi connectivity index (χ4n) is 1.60. The third kappa shape index (κ3) is 4.24. The lowest BCUT2D eigenvalue weighted by atomic mass is 10.1. The summed E-state index contributed by atoms with van der Waals surface area (Å²) in [7, 11) is -1.61. The van der Waals surface area contributed by atoms with E-state index in [-0.39, 0.29) is 6.04 Å². The van der Waals surface area contributed by atoms with Gasteiger partial charge in [0, 0.05) is 17.6 Å². The van der Waals surface area contributed by atoms with E-state index in [1.807, 2.05) is 6.07 Å². The van der Waals surface area contributed by atoms with Crippen LogP contribution >= 0.6 is 11.6 Å². The molecule has 2 unspecified atom stereocenters. The highest BCUT2D eigenvalue weighted by Gasteiger charge is 2.22. The first-order valence-corrected chi connectivity index (χ1v) is 7.70. The van der Waals surface area contributed by atoms with Crippen molar-refractivity contribution in [2.45, 2.75) is 25.1 Å². The van der Waals surface area contributed by atoms with Gasteiger partial charge in [-0.3, -0.25) is 0 Å². The van der Waals surface area contributed by atoms with Crippen molar-refractivity contribution in [2.75, 3.05) is 13.6 Å². The van der Waals surface area contributed by atoms with Gasteiger partial charge in [0.2, 0.25) is 10.0 Å². The van der Waals surface area contributed by atoms with E-state index in [1.165, 1.54) is 0 Å². The molecule has 0 aliphatic rings. The average Bonchev–Trinajstić information content (AvgIpc) is 2.28. The van der Waals surface area contributed by atoms with Gasteiger partial charge in [0.25, 0.3) is 0 Å². The zero-order valence-corrected chi connectivity index (χ0v) is 12.3. The number of hydrogen-bond donors (Lipinski definition) is 2. The summed E-state index contributed by atoms with van der Waals surface area (Å²) < 4.78 is 26.7. The molecule has 18 heavy (non-hydrogen) atoms. The zero-order chi connectivity index (χ0) is 13.8. The van der Waals surface area contributed by atoms with Gasteiger partial charge in [0.1, 0.15) is 0 Å². The number of benzene rings is 1. The van der Waals surface area contributed by atoms with E-state index in [9.17, 15) is 8.42 Å². The first-order chi connectivity index (χ1) is 8.36. The van der Waals surface area contributed by atoms with Crippen molar-refractivity contribution in [3.63, 3.8) is 0 Å². The first-order valence-electron chi connectivity index (χ1n) is 5.78. The molecule has 0 aliphatic carbocycles. The van der Waals surface area contributed by atoms with Gasteiger partial charge in [-0.25, -0.2) is 13.1 Å². The predicted molar refractivity (Wildman–Crippen MR) is 75.3 cm³/mol. The number of rotatable bonds is 6. The van der Waals surface area contributed by atoms with Crippen molar-refractivity contribution in [1.82, 2.24) is 10.0 Å². The molecule has 0 amide bonds. The minimum absolute atomic E-state index is 0.298. The van der Waals surface area contributed by atoms with E-state index >= 15 is 0 Å². The summed E-state index contributed by atoms with van der Waals surface area (Å²) in [5.41, 5.74) is 0.850. The van der Waals surface area contributed by atoms with Crippen molar-refractivity contribution in [3.05, 3.63) is 34.9 Å². The van der Waals surface area contributed by atoms with Crippen molar-refractivity contribution >= 4 is 21.6 Å². The Balaban J connectivity index is 2.78. The molecule has 0 fully saturated rings. The Kier molecular flexibility index (Phi) is 5.59. The lowest BCUT2D eigenvalue weighted by molar-refractivity contribution is 0.550. The number of nitrogens with one attached hydrogen (secondary N) is 2. The molecule has 102 valence electrons. The Morgan fingerprint density at radius 3 is 2.56 bits per heavy atom. The summed E-state index contributed by atoms with van der Waals surface area (Å²) in [5.74, 6) is 0. The van der Waals surface area contributed by atoms with E-state index < -0.39 is 15.3 Å². The monoisotopic (exact) mass is 290 g/mol. The van der Waals surface area contributed by atoms with Crippen molar-refractivity contribution in [2.24, 2.45) is 0 Å². The van der Waals surface area contributed by atoms with Gasteiger partial charge in [-0.2, -0.15) is 0 Å². The van der Waals surface area contributed by atoms with Crippen LogP contribution in [0.4, 0.5) is 0 Å². The second-order valence-electron chi connectivity index (χ2n) is 4.31. The predicted octanol–water partition coefficient (Wildman–Crippen LogP) is 1.93. The molecular weight excluding hydrogens is 272 g/mol. The number of sulfonamides is 1. The molecule has 0 radical (unpaired) electrons. The molecule has 0 aliphatic heterocycles. The van der Waals surface area contributed by atoms with E-state index in [1.54, 1.807) is 39.1 Å². The third-order valence-electron chi connectivity index (χ3n) is 2.71. The molecule has 0 spiro atoms. The molecule has 1 rings (SSSR count). The van der Waals surface area contributed by atoms with Crippen LogP contribution in [-0.2, 0) is 10.0 Å². The van der Waals surface area contributed by atoms with Crippen LogP contribution < -0.4 is 10.0 Å². The normalized spacial score (nSPS) is 15.3. The van der Waals surface area contributed by atoms with Crippen LogP contribution in [0.3, 0.4) is 0 Å². The second kappa shape index (κ2) is 6.52. The lowest BCUT2D eigenvalue weighted by Gasteiger charge is -2.18. The fraction of sp³-hybridized carbons (Fsp3) is 0.500. The Bertz CT molecular complexity index is 491. The van der Waals surface area contributed by atoms with Crippen molar-refractivity contribution in [3.8, 4) is 0 Å². The Morgan fingerprint density at radius 1 is 1.33 bits per heavy atom. The average molecular weight is 291 g/mol. The Labute approximate surface area is 114 Å². The molecule has 6 heteroatoms. The standard InChI is InChI=1S/C12H19ClN2O2S/c1-9(8-14-3)18(16,17)15-10(2)11-5-4-6-12(13)7-11/h4-7,9-10,14-15H,8H2,1-3H3.